The lowest BCUT2D eigenvalue weighted by Gasteiger charge is -2.31. The maximum atomic E-state index is 13.7. The summed E-state index contributed by atoms with van der Waals surface area (Å²) in [7, 11) is -0.666. The number of carbonyl (C=O) groups is 2. The lowest BCUT2D eigenvalue weighted by molar-refractivity contribution is -0.139. The van der Waals surface area contributed by atoms with E-state index >= 15 is 0 Å². The van der Waals surface area contributed by atoms with Crippen molar-refractivity contribution < 1.29 is 22.4 Å². The van der Waals surface area contributed by atoms with Crippen molar-refractivity contribution in [3.05, 3.63) is 48.7 Å². The van der Waals surface area contributed by atoms with Crippen LogP contribution in [-0.4, -0.2) is 65.8 Å². The fourth-order valence-corrected chi connectivity index (χ4v) is 5.33. The molecule has 0 aliphatic rings. The van der Waals surface area contributed by atoms with E-state index in [2.05, 4.69) is 9.71 Å². The number of nitrogens with one attached hydrogen (secondary N) is 1. The Kier molecular flexibility index (Phi) is 9.14. The lowest BCUT2D eigenvalue weighted by Crippen LogP contribution is -2.52. The highest BCUT2D eigenvalue weighted by molar-refractivity contribution is 7.89. The predicted molar refractivity (Wildman–Crippen MR) is 141 cm³/mol. The average Bonchev–Trinajstić information content (AvgIpc) is 3.45. The van der Waals surface area contributed by atoms with Gasteiger partial charge in [-0.15, -0.1) is 0 Å². The molecule has 2 aromatic heterocycles. The molecule has 0 fully saturated rings. The van der Waals surface area contributed by atoms with Gasteiger partial charge in [-0.05, 0) is 36.1 Å². The third-order valence-electron chi connectivity index (χ3n) is 5.93. The normalized spacial score (nSPS) is 12.9. The van der Waals surface area contributed by atoms with Gasteiger partial charge in [-0.25, -0.2) is 13.4 Å². The van der Waals surface area contributed by atoms with Crippen LogP contribution in [0.25, 0.3) is 11.0 Å². The molecule has 0 aliphatic heterocycles. The molecule has 37 heavy (non-hydrogen) atoms. The van der Waals surface area contributed by atoms with Crippen LogP contribution in [0.5, 0.6) is 0 Å². The van der Waals surface area contributed by atoms with E-state index in [4.69, 9.17) is 4.42 Å². The molecule has 0 radical (unpaired) electrons. The first kappa shape index (κ1) is 28.4. The van der Waals surface area contributed by atoms with Crippen LogP contribution in [0.4, 0.5) is 0 Å². The van der Waals surface area contributed by atoms with E-state index in [1.807, 2.05) is 34.7 Å². The summed E-state index contributed by atoms with van der Waals surface area (Å²) in [6, 6.07) is 4.88. The first-order valence-corrected chi connectivity index (χ1v) is 13.8. The highest BCUT2D eigenvalue weighted by Crippen LogP contribution is 2.21. The van der Waals surface area contributed by atoms with Crippen LogP contribution in [0, 0.1) is 11.8 Å². The maximum Gasteiger partial charge on any atom is 0.241 e. The molecule has 2 heterocycles. The molecule has 3 aromatic rings. The molecule has 1 atom stereocenters. The summed E-state index contributed by atoms with van der Waals surface area (Å²) in [5, 5.41) is 0.624. The van der Waals surface area contributed by atoms with Crippen molar-refractivity contribution in [2.24, 2.45) is 18.9 Å². The molecule has 3 rings (SSSR count). The molecular formula is C26H37N5O5S. The first-order valence-electron chi connectivity index (χ1n) is 12.3. The summed E-state index contributed by atoms with van der Waals surface area (Å²) < 4.78 is 36.4. The maximum absolute atomic E-state index is 13.7. The van der Waals surface area contributed by atoms with Gasteiger partial charge in [0.1, 0.15) is 11.6 Å². The molecule has 0 unspecified atom stereocenters. The van der Waals surface area contributed by atoms with Crippen LogP contribution in [0.3, 0.4) is 0 Å². The Hall–Kier alpha value is -3.18. The second-order valence-corrected chi connectivity index (χ2v) is 12.0. The van der Waals surface area contributed by atoms with Crippen LogP contribution in [0.1, 0.15) is 39.8 Å². The summed E-state index contributed by atoms with van der Waals surface area (Å²) in [6.45, 7) is 9.16. The van der Waals surface area contributed by atoms with Gasteiger partial charge in [0, 0.05) is 38.8 Å². The number of sulfonamides is 1. The SMILES string of the molecule is CC(C)CN(CC(C)C)C(=O)[C@H](CC(=O)N(C)Cc1cncn1C)NS(=O)(=O)c1ccc2occc2c1. The smallest absolute Gasteiger partial charge is 0.241 e. The lowest BCUT2D eigenvalue weighted by atomic mass is 10.1. The van der Waals surface area contributed by atoms with E-state index in [0.717, 1.165) is 5.69 Å². The van der Waals surface area contributed by atoms with Crippen molar-refractivity contribution in [3.63, 3.8) is 0 Å². The molecule has 0 bridgehead atoms. The molecule has 0 saturated heterocycles. The van der Waals surface area contributed by atoms with Crippen molar-refractivity contribution in [3.8, 4) is 0 Å². The largest absolute Gasteiger partial charge is 0.464 e. The Morgan fingerprint density at radius 3 is 2.38 bits per heavy atom. The monoisotopic (exact) mass is 531 g/mol. The standard InChI is InChI=1S/C26H37N5O5S/c1-18(2)14-31(15-19(3)4)26(33)23(12-25(32)29(5)16-21-13-27-17-30(21)6)28-37(34,35)22-7-8-24-20(11-22)9-10-36-24/h7-11,13,17-19,23,28H,12,14-16H2,1-6H3/t23-/m0/s1. The second kappa shape index (κ2) is 11.9. The summed E-state index contributed by atoms with van der Waals surface area (Å²) in [6.07, 6.45) is 4.47. The minimum absolute atomic E-state index is 0.00541. The zero-order chi connectivity index (χ0) is 27.3. The van der Waals surface area contributed by atoms with Crippen LogP contribution >= 0.6 is 0 Å². The molecule has 10 nitrogen and oxygen atoms in total. The predicted octanol–water partition coefficient (Wildman–Crippen LogP) is 3.00. The molecule has 1 aromatic carbocycles. The molecule has 0 aliphatic carbocycles. The Morgan fingerprint density at radius 2 is 1.78 bits per heavy atom. The minimum atomic E-state index is -4.12. The van der Waals surface area contributed by atoms with Crippen molar-refractivity contribution in [2.75, 3.05) is 20.1 Å². The number of aromatic nitrogens is 2. The van der Waals surface area contributed by atoms with Gasteiger partial charge in [-0.2, -0.15) is 4.72 Å². The summed E-state index contributed by atoms with van der Waals surface area (Å²) in [5.74, 6) is -0.433. The number of benzene rings is 1. The van der Waals surface area contributed by atoms with Crippen molar-refractivity contribution in [1.29, 1.82) is 0 Å². The number of aryl methyl sites for hydroxylation is 1. The highest BCUT2D eigenvalue weighted by atomic mass is 32.2. The summed E-state index contributed by atoms with van der Waals surface area (Å²) in [4.78, 5) is 34.1. The van der Waals surface area contributed by atoms with Gasteiger partial charge < -0.3 is 18.8 Å². The van der Waals surface area contributed by atoms with Crippen LogP contribution < -0.4 is 4.72 Å². The molecule has 2 amide bonds. The van der Waals surface area contributed by atoms with Gasteiger partial charge in [-0.1, -0.05) is 27.7 Å². The van der Waals surface area contributed by atoms with E-state index in [0.29, 0.717) is 24.1 Å². The second-order valence-electron chi connectivity index (χ2n) is 10.3. The third-order valence-corrected chi connectivity index (χ3v) is 7.40. The van der Waals surface area contributed by atoms with Crippen LogP contribution in [0.15, 0.2) is 52.4 Å². The zero-order valence-electron chi connectivity index (χ0n) is 22.3. The van der Waals surface area contributed by atoms with E-state index < -0.39 is 22.0 Å². The Labute approximate surface area is 218 Å². The quantitative estimate of drug-likeness (QED) is 0.384. The third kappa shape index (κ3) is 7.42. The van der Waals surface area contributed by atoms with Gasteiger partial charge >= 0.3 is 0 Å². The van der Waals surface area contributed by atoms with Gasteiger partial charge in [-0.3, -0.25) is 9.59 Å². The molecule has 11 heteroatoms. The van der Waals surface area contributed by atoms with Crippen LogP contribution in [-0.2, 0) is 33.2 Å². The Morgan fingerprint density at radius 1 is 1.11 bits per heavy atom. The fourth-order valence-electron chi connectivity index (χ4n) is 4.10. The molecule has 0 spiro atoms. The number of imidazole rings is 1. The Balaban J connectivity index is 1.89. The van der Waals surface area contributed by atoms with Crippen molar-refractivity contribution >= 4 is 32.8 Å². The first-order chi connectivity index (χ1) is 17.4. The minimum Gasteiger partial charge on any atom is -0.464 e. The highest BCUT2D eigenvalue weighted by Gasteiger charge is 2.33. The number of rotatable bonds is 12. The number of fused-ring (bicyclic) bond motifs is 1. The number of hydrogen-bond donors (Lipinski definition) is 1. The van der Waals surface area contributed by atoms with Gasteiger partial charge in [0.25, 0.3) is 0 Å². The fraction of sp³-hybridized carbons (Fsp3) is 0.500. The van der Waals surface area contributed by atoms with Crippen molar-refractivity contribution in [2.45, 2.75) is 51.6 Å². The van der Waals surface area contributed by atoms with Gasteiger partial charge in [0.15, 0.2) is 0 Å². The van der Waals surface area contributed by atoms with E-state index in [1.165, 1.54) is 23.3 Å². The summed E-state index contributed by atoms with van der Waals surface area (Å²) >= 11 is 0. The summed E-state index contributed by atoms with van der Waals surface area (Å²) in [5.41, 5.74) is 1.37. The topological polar surface area (TPSA) is 118 Å². The molecule has 0 saturated carbocycles. The number of nitrogens with zero attached hydrogens (tertiary/aromatic N) is 4. The number of amides is 2. The van der Waals surface area contributed by atoms with Crippen molar-refractivity contribution in [1.82, 2.24) is 24.1 Å². The zero-order valence-corrected chi connectivity index (χ0v) is 23.2. The molecular weight excluding hydrogens is 494 g/mol. The van der Waals surface area contributed by atoms with E-state index in [-0.39, 0.29) is 35.6 Å². The van der Waals surface area contributed by atoms with Gasteiger partial charge in [0.05, 0.1) is 36.1 Å². The van der Waals surface area contributed by atoms with Gasteiger partial charge in [0.2, 0.25) is 21.8 Å². The van der Waals surface area contributed by atoms with E-state index in [9.17, 15) is 18.0 Å². The Bertz CT molecular complexity index is 1320. The average molecular weight is 532 g/mol. The number of furan rings is 1. The van der Waals surface area contributed by atoms with Crippen LogP contribution in [0.2, 0.25) is 0 Å². The molecule has 202 valence electrons. The number of carbonyl (C=O) groups excluding carboxylic acids is 2. The van der Waals surface area contributed by atoms with E-state index in [1.54, 1.807) is 41.2 Å². The number of hydrogen-bond acceptors (Lipinski definition) is 6. The molecule has 1 N–H and O–H groups in total.